The number of hydrogen-bond acceptors (Lipinski definition) is 6. The van der Waals surface area contributed by atoms with Gasteiger partial charge in [-0.25, -0.2) is 0 Å². The van der Waals surface area contributed by atoms with Crippen molar-refractivity contribution < 1.29 is 4.79 Å². The number of nitrogens with one attached hydrogen (secondary N) is 1. The van der Waals surface area contributed by atoms with Crippen molar-refractivity contribution in [3.8, 4) is 0 Å². The summed E-state index contributed by atoms with van der Waals surface area (Å²) in [6.07, 6.45) is 0. The van der Waals surface area contributed by atoms with Crippen molar-refractivity contribution in [3.63, 3.8) is 0 Å². The molecule has 2 aromatic rings. The molecule has 0 saturated heterocycles. The Hall–Kier alpha value is -2.45. The monoisotopic (exact) mass is 374 g/mol. The maximum atomic E-state index is 10.5. The highest BCUT2D eigenvalue weighted by molar-refractivity contribution is 6.38. The summed E-state index contributed by atoms with van der Waals surface area (Å²) in [4.78, 5) is 27.8. The first-order valence-electron chi connectivity index (χ1n) is 6.54. The number of aromatic amines is 1. The molecule has 1 heterocycles. The van der Waals surface area contributed by atoms with Gasteiger partial charge >= 0.3 is 0 Å². The third-order valence-corrected chi connectivity index (χ3v) is 3.07. The Balaban J connectivity index is 0.000000340. The topological polar surface area (TPSA) is 144 Å². The highest BCUT2D eigenvalue weighted by Crippen LogP contribution is 2.25. The normalized spacial score (nSPS) is 9.04. The van der Waals surface area contributed by atoms with Crippen LogP contribution in [0.25, 0.3) is 0 Å². The molecule has 0 radical (unpaired) electrons. The molecule has 0 aliphatic carbocycles. The zero-order chi connectivity index (χ0) is 18.9. The van der Waals surface area contributed by atoms with Crippen LogP contribution in [0.3, 0.4) is 0 Å². The molecule has 24 heavy (non-hydrogen) atoms. The molecule has 10 heteroatoms. The molecule has 1 aromatic carbocycles. The summed E-state index contributed by atoms with van der Waals surface area (Å²) in [5.74, 6) is 0.270. The second-order valence-corrected chi connectivity index (χ2v) is 5.42. The van der Waals surface area contributed by atoms with Gasteiger partial charge in [-0.1, -0.05) is 29.3 Å². The standard InChI is InChI=1S/C6H5Cl2N.C4H6N4O.C4H9NO/c7-4-2-1-3-5(8)6(4)9;5-2-1-3(9)8-4(6)7-2;1-4(6)5(2)3/h1-3H,9H2;1H,(H5,5,6,7,8,9);1-3H3. The molecular weight excluding hydrogens is 355 g/mol. The lowest BCUT2D eigenvalue weighted by molar-refractivity contribution is -0.126. The lowest BCUT2D eigenvalue weighted by atomic mass is 10.3. The molecular formula is C14H20Cl2N6O2. The van der Waals surface area contributed by atoms with Gasteiger partial charge in [0, 0.05) is 27.1 Å². The first kappa shape index (κ1) is 21.6. The number of nitrogens with zero attached hydrogens (tertiary/aromatic N) is 2. The van der Waals surface area contributed by atoms with Gasteiger partial charge in [0.25, 0.3) is 5.56 Å². The van der Waals surface area contributed by atoms with E-state index < -0.39 is 0 Å². The largest absolute Gasteiger partial charge is 0.396 e. The lowest BCUT2D eigenvalue weighted by Gasteiger charge is -2.02. The number of nitrogen functional groups attached to an aromatic ring is 3. The van der Waals surface area contributed by atoms with E-state index in [1.165, 1.54) is 11.8 Å². The number of carbonyl (C=O) groups is 1. The minimum Gasteiger partial charge on any atom is -0.396 e. The number of aromatic nitrogens is 2. The number of anilines is 3. The average Bonchev–Trinajstić information content (AvgIpc) is 2.44. The molecule has 0 atom stereocenters. The van der Waals surface area contributed by atoms with E-state index >= 15 is 0 Å². The first-order chi connectivity index (χ1) is 11.0. The number of rotatable bonds is 0. The summed E-state index contributed by atoms with van der Waals surface area (Å²) < 4.78 is 0. The number of H-pyrrole nitrogens is 1. The predicted molar refractivity (Wildman–Crippen MR) is 98.9 cm³/mol. The Morgan fingerprint density at radius 2 is 1.62 bits per heavy atom. The zero-order valence-electron chi connectivity index (χ0n) is 13.5. The second-order valence-electron chi connectivity index (χ2n) is 4.60. The fourth-order valence-electron chi connectivity index (χ4n) is 1.01. The summed E-state index contributed by atoms with van der Waals surface area (Å²) in [6, 6.07) is 6.31. The molecule has 0 spiro atoms. The fraction of sp³-hybridized carbons (Fsp3) is 0.214. The van der Waals surface area contributed by atoms with Crippen LogP contribution in [0.5, 0.6) is 0 Å². The summed E-state index contributed by atoms with van der Waals surface area (Å²) in [5, 5.41) is 1.00. The lowest BCUT2D eigenvalue weighted by Crippen LogP contribution is -2.17. The van der Waals surface area contributed by atoms with Crippen LogP contribution in [0.4, 0.5) is 17.5 Å². The SMILES string of the molecule is CC(=O)N(C)C.Nc1c(Cl)cccc1Cl.Nc1cc(=O)[nH]c(N)n1. The van der Waals surface area contributed by atoms with Crippen LogP contribution in [0, 0.1) is 0 Å². The van der Waals surface area contributed by atoms with Crippen LogP contribution in [0.15, 0.2) is 29.1 Å². The van der Waals surface area contributed by atoms with Crippen LogP contribution < -0.4 is 22.8 Å². The molecule has 0 saturated carbocycles. The van der Waals surface area contributed by atoms with Gasteiger partial charge in [0.05, 0.1) is 15.7 Å². The van der Waals surface area contributed by atoms with E-state index in [-0.39, 0.29) is 23.2 Å². The fourth-order valence-corrected chi connectivity index (χ4v) is 1.40. The number of carbonyl (C=O) groups excluding carboxylic acids is 1. The van der Waals surface area contributed by atoms with E-state index in [0.717, 1.165) is 6.07 Å². The van der Waals surface area contributed by atoms with Gasteiger partial charge < -0.3 is 22.1 Å². The highest BCUT2D eigenvalue weighted by Gasteiger charge is 1.97. The minimum absolute atomic E-state index is 0.0417. The molecule has 8 nitrogen and oxygen atoms in total. The number of halogens is 2. The molecule has 0 aliphatic heterocycles. The summed E-state index contributed by atoms with van der Waals surface area (Å²) in [6.45, 7) is 1.53. The number of para-hydroxylation sites is 1. The molecule has 0 unspecified atom stereocenters. The van der Waals surface area contributed by atoms with E-state index in [1.807, 2.05) is 0 Å². The number of hydrogen-bond donors (Lipinski definition) is 4. The van der Waals surface area contributed by atoms with E-state index in [1.54, 1.807) is 32.3 Å². The Bertz CT molecular complexity index is 690. The van der Waals surface area contributed by atoms with Crippen molar-refractivity contribution in [3.05, 3.63) is 44.7 Å². The molecule has 1 aromatic heterocycles. The maximum Gasteiger partial charge on any atom is 0.254 e. The average molecular weight is 375 g/mol. The Morgan fingerprint density at radius 1 is 1.17 bits per heavy atom. The van der Waals surface area contributed by atoms with Crippen LogP contribution in [-0.4, -0.2) is 34.9 Å². The van der Waals surface area contributed by atoms with E-state index in [2.05, 4.69) is 9.97 Å². The van der Waals surface area contributed by atoms with Crippen molar-refractivity contribution >= 4 is 46.6 Å². The van der Waals surface area contributed by atoms with Gasteiger partial charge in [0.2, 0.25) is 11.9 Å². The Morgan fingerprint density at radius 3 is 1.92 bits per heavy atom. The minimum atomic E-state index is -0.333. The van der Waals surface area contributed by atoms with Crippen LogP contribution in [-0.2, 0) is 4.79 Å². The van der Waals surface area contributed by atoms with Gasteiger partial charge in [-0.3, -0.25) is 14.6 Å². The second kappa shape index (κ2) is 10.3. The third-order valence-electron chi connectivity index (χ3n) is 2.41. The van der Waals surface area contributed by atoms with Crippen molar-refractivity contribution in [2.24, 2.45) is 0 Å². The van der Waals surface area contributed by atoms with Crippen LogP contribution in [0.2, 0.25) is 10.0 Å². The zero-order valence-corrected chi connectivity index (χ0v) is 15.0. The number of benzene rings is 1. The highest BCUT2D eigenvalue weighted by atomic mass is 35.5. The number of amides is 1. The number of nitrogens with two attached hydrogens (primary N) is 3. The van der Waals surface area contributed by atoms with Crippen molar-refractivity contribution in [1.29, 1.82) is 0 Å². The summed E-state index contributed by atoms with van der Waals surface area (Å²) in [5.41, 5.74) is 15.8. The van der Waals surface area contributed by atoms with Gasteiger partial charge in [-0.15, -0.1) is 0 Å². The van der Waals surface area contributed by atoms with Gasteiger partial charge in [-0.2, -0.15) is 4.98 Å². The van der Waals surface area contributed by atoms with Crippen LogP contribution in [0.1, 0.15) is 6.92 Å². The van der Waals surface area contributed by atoms with Gasteiger partial charge in [0.1, 0.15) is 5.82 Å². The Kier molecular flexibility index (Phi) is 9.29. The van der Waals surface area contributed by atoms with Gasteiger partial charge in [0.15, 0.2) is 0 Å². The molecule has 0 fully saturated rings. The summed E-state index contributed by atoms with van der Waals surface area (Å²) >= 11 is 11.2. The molecule has 7 N–H and O–H groups in total. The molecule has 132 valence electrons. The molecule has 0 bridgehead atoms. The molecule has 2 rings (SSSR count). The molecule has 0 aliphatic rings. The van der Waals surface area contributed by atoms with E-state index in [0.29, 0.717) is 15.7 Å². The quantitative estimate of drug-likeness (QED) is 0.515. The summed E-state index contributed by atoms with van der Waals surface area (Å²) in [7, 11) is 3.45. The van der Waals surface area contributed by atoms with Crippen molar-refractivity contribution in [2.45, 2.75) is 6.92 Å². The predicted octanol–water partition coefficient (Wildman–Crippen LogP) is 1.60. The van der Waals surface area contributed by atoms with E-state index in [4.69, 9.17) is 40.4 Å². The van der Waals surface area contributed by atoms with Crippen molar-refractivity contribution in [2.75, 3.05) is 31.3 Å². The van der Waals surface area contributed by atoms with Crippen molar-refractivity contribution in [1.82, 2.24) is 14.9 Å². The first-order valence-corrected chi connectivity index (χ1v) is 7.29. The van der Waals surface area contributed by atoms with Gasteiger partial charge in [-0.05, 0) is 12.1 Å². The molecule has 1 amide bonds. The Labute approximate surface area is 149 Å². The van der Waals surface area contributed by atoms with Crippen LogP contribution >= 0.6 is 23.2 Å². The maximum absolute atomic E-state index is 10.5. The smallest absolute Gasteiger partial charge is 0.254 e. The third kappa shape index (κ3) is 8.86. The van der Waals surface area contributed by atoms with E-state index in [9.17, 15) is 9.59 Å².